The van der Waals surface area contributed by atoms with E-state index in [9.17, 15) is 0 Å². The summed E-state index contributed by atoms with van der Waals surface area (Å²) in [6, 6.07) is 7.47. The minimum Gasteiger partial charge on any atom is -0.325 e. The minimum absolute atomic E-state index is 0.134. The molecule has 1 atom stereocenters. The highest BCUT2D eigenvalue weighted by atomic mass is 15.1. The maximum Gasteiger partial charge on any atom is 0.0359 e. The predicted molar refractivity (Wildman–Crippen MR) is 82.4 cm³/mol. The lowest BCUT2D eigenvalue weighted by atomic mass is 9.86. The van der Waals surface area contributed by atoms with Gasteiger partial charge in [-0.15, -0.1) is 0 Å². The topological polar surface area (TPSA) is 29.3 Å². The Kier molecular flexibility index (Phi) is 4.32. The zero-order chi connectivity index (χ0) is 14.0. The van der Waals surface area contributed by atoms with E-state index < -0.39 is 0 Å². The highest BCUT2D eigenvalue weighted by molar-refractivity contribution is 5.35. The van der Waals surface area contributed by atoms with Crippen LogP contribution in [0.3, 0.4) is 0 Å². The second kappa shape index (κ2) is 5.64. The zero-order valence-electron chi connectivity index (χ0n) is 12.9. The summed E-state index contributed by atoms with van der Waals surface area (Å²) in [6.45, 7) is 4.23. The van der Waals surface area contributed by atoms with Gasteiger partial charge in [0, 0.05) is 11.6 Å². The average Bonchev–Trinajstić information content (AvgIpc) is 2.34. The number of nitrogens with two attached hydrogens (primary N) is 1. The van der Waals surface area contributed by atoms with Gasteiger partial charge >= 0.3 is 0 Å². The summed E-state index contributed by atoms with van der Waals surface area (Å²) in [5, 5.41) is 0. The Labute approximate surface area is 118 Å². The molecular formula is C17H28N2. The van der Waals surface area contributed by atoms with Gasteiger partial charge in [-0.25, -0.2) is 0 Å². The molecular weight excluding hydrogens is 232 g/mol. The minimum atomic E-state index is -0.134. The summed E-state index contributed by atoms with van der Waals surface area (Å²) in [7, 11) is 4.30. The normalized spacial score (nSPS) is 17.4. The maximum atomic E-state index is 6.22. The molecule has 1 aromatic carbocycles. The smallest absolute Gasteiger partial charge is 0.0359 e. The molecule has 0 bridgehead atoms. The van der Waals surface area contributed by atoms with Crippen molar-refractivity contribution < 1.29 is 0 Å². The molecule has 0 aromatic heterocycles. The molecule has 2 rings (SSSR count). The lowest BCUT2D eigenvalue weighted by Crippen LogP contribution is -2.37. The molecule has 0 radical (unpaired) electrons. The number of aryl methyl sites for hydroxylation is 2. The molecule has 0 spiro atoms. The van der Waals surface area contributed by atoms with Crippen LogP contribution >= 0.6 is 0 Å². The molecule has 0 aliphatic heterocycles. The van der Waals surface area contributed by atoms with E-state index >= 15 is 0 Å². The first-order valence-electron chi connectivity index (χ1n) is 7.44. The molecule has 0 fully saturated rings. The first-order valence-corrected chi connectivity index (χ1v) is 7.44. The number of hydrogen-bond donors (Lipinski definition) is 1. The lowest BCUT2D eigenvalue weighted by molar-refractivity contribution is 0.243. The van der Waals surface area contributed by atoms with Crippen molar-refractivity contribution in [2.24, 2.45) is 5.73 Å². The molecule has 2 heteroatoms. The Bertz CT molecular complexity index is 429. The van der Waals surface area contributed by atoms with Gasteiger partial charge in [-0.2, -0.15) is 0 Å². The second-order valence-corrected chi connectivity index (χ2v) is 6.91. The van der Waals surface area contributed by atoms with Gasteiger partial charge in [0.15, 0.2) is 0 Å². The van der Waals surface area contributed by atoms with Crippen molar-refractivity contribution in [2.45, 2.75) is 57.5 Å². The number of hydrogen-bond acceptors (Lipinski definition) is 2. The summed E-state index contributed by atoms with van der Waals surface area (Å²) in [4.78, 5) is 2.29. The van der Waals surface area contributed by atoms with E-state index in [4.69, 9.17) is 5.73 Å². The largest absolute Gasteiger partial charge is 0.325 e. The number of benzene rings is 1. The van der Waals surface area contributed by atoms with Gasteiger partial charge in [-0.05, 0) is 76.7 Å². The van der Waals surface area contributed by atoms with Crippen LogP contribution in [0.2, 0.25) is 0 Å². The molecule has 0 heterocycles. The fourth-order valence-corrected chi connectivity index (χ4v) is 3.06. The molecule has 1 aromatic rings. The molecule has 106 valence electrons. The zero-order valence-corrected chi connectivity index (χ0v) is 12.9. The monoisotopic (exact) mass is 260 g/mol. The van der Waals surface area contributed by atoms with E-state index in [2.05, 4.69) is 51.0 Å². The fourth-order valence-electron chi connectivity index (χ4n) is 3.06. The molecule has 2 N–H and O–H groups in total. The molecule has 1 aliphatic carbocycles. The van der Waals surface area contributed by atoms with Crippen molar-refractivity contribution in [1.82, 2.24) is 4.90 Å². The van der Waals surface area contributed by atoms with Crippen LogP contribution in [0.5, 0.6) is 0 Å². The van der Waals surface area contributed by atoms with Crippen molar-refractivity contribution in [2.75, 3.05) is 14.1 Å². The van der Waals surface area contributed by atoms with Crippen molar-refractivity contribution in [3.8, 4) is 0 Å². The van der Waals surface area contributed by atoms with Crippen LogP contribution < -0.4 is 5.73 Å². The van der Waals surface area contributed by atoms with Crippen LogP contribution in [0.15, 0.2) is 18.2 Å². The van der Waals surface area contributed by atoms with Crippen molar-refractivity contribution in [1.29, 1.82) is 0 Å². The molecule has 1 aliphatic rings. The highest BCUT2D eigenvalue weighted by Gasteiger charge is 2.23. The Balaban J connectivity index is 2.26. The van der Waals surface area contributed by atoms with Crippen LogP contribution in [-0.4, -0.2) is 24.5 Å². The van der Waals surface area contributed by atoms with Gasteiger partial charge in [0.1, 0.15) is 0 Å². The third-order valence-electron chi connectivity index (χ3n) is 4.10. The molecule has 0 saturated carbocycles. The van der Waals surface area contributed by atoms with Gasteiger partial charge in [0.25, 0.3) is 0 Å². The summed E-state index contributed by atoms with van der Waals surface area (Å²) in [5.74, 6) is 0. The molecule has 1 unspecified atom stereocenters. The van der Waals surface area contributed by atoms with Crippen LogP contribution in [-0.2, 0) is 12.8 Å². The fraction of sp³-hybridized carbons (Fsp3) is 0.647. The molecule has 2 nitrogen and oxygen atoms in total. The predicted octanol–water partition coefficient (Wildman–Crippen LogP) is 3.30. The number of fused-ring (bicyclic) bond motifs is 1. The Morgan fingerprint density at radius 2 is 1.79 bits per heavy atom. The first kappa shape index (κ1) is 14.5. The quantitative estimate of drug-likeness (QED) is 0.900. The maximum absolute atomic E-state index is 6.22. The summed E-state index contributed by atoms with van der Waals surface area (Å²) in [6.07, 6.45) is 6.17. The Morgan fingerprint density at radius 1 is 1.16 bits per heavy atom. The van der Waals surface area contributed by atoms with E-state index in [1.807, 2.05) is 0 Å². The van der Waals surface area contributed by atoms with Gasteiger partial charge in [-0.1, -0.05) is 18.2 Å². The van der Waals surface area contributed by atoms with E-state index in [0.29, 0.717) is 6.04 Å². The highest BCUT2D eigenvalue weighted by Crippen LogP contribution is 2.30. The lowest BCUT2D eigenvalue weighted by Gasteiger charge is -2.32. The summed E-state index contributed by atoms with van der Waals surface area (Å²) >= 11 is 0. The number of nitrogens with zero attached hydrogens (tertiary/aromatic N) is 1. The van der Waals surface area contributed by atoms with Gasteiger partial charge in [0.05, 0.1) is 0 Å². The third kappa shape index (κ3) is 3.80. The van der Waals surface area contributed by atoms with E-state index in [1.54, 1.807) is 11.1 Å². The average molecular weight is 260 g/mol. The van der Waals surface area contributed by atoms with E-state index in [1.165, 1.54) is 31.2 Å². The van der Waals surface area contributed by atoms with E-state index in [0.717, 1.165) is 6.42 Å². The summed E-state index contributed by atoms with van der Waals surface area (Å²) < 4.78 is 0. The van der Waals surface area contributed by atoms with Crippen molar-refractivity contribution >= 4 is 0 Å². The first-order chi connectivity index (χ1) is 8.87. The second-order valence-electron chi connectivity index (χ2n) is 6.91. The molecule has 0 saturated heterocycles. The van der Waals surface area contributed by atoms with Crippen LogP contribution in [0.1, 0.15) is 55.8 Å². The van der Waals surface area contributed by atoms with Gasteiger partial charge in [-0.3, -0.25) is 0 Å². The van der Waals surface area contributed by atoms with Crippen molar-refractivity contribution in [3.05, 3.63) is 34.9 Å². The number of rotatable bonds is 4. The summed E-state index contributed by atoms with van der Waals surface area (Å²) in [5.41, 5.74) is 10.6. The molecule has 0 amide bonds. The third-order valence-corrected chi connectivity index (χ3v) is 4.10. The SMILES string of the molecule is CN(C)C(CC(C)(C)N)c1ccc2c(c1)CCCC2. The standard InChI is InChI=1S/C17H28N2/c1-17(2,18)12-16(19(3)4)15-10-9-13-7-5-6-8-14(13)11-15/h9-11,16H,5-8,12,18H2,1-4H3. The van der Waals surface area contributed by atoms with Gasteiger partial charge in [0.2, 0.25) is 0 Å². The van der Waals surface area contributed by atoms with Gasteiger partial charge < -0.3 is 10.6 Å². The van der Waals surface area contributed by atoms with Crippen LogP contribution in [0.25, 0.3) is 0 Å². The molecule has 19 heavy (non-hydrogen) atoms. The van der Waals surface area contributed by atoms with Crippen LogP contribution in [0.4, 0.5) is 0 Å². The van der Waals surface area contributed by atoms with Crippen LogP contribution in [0, 0.1) is 0 Å². The Hall–Kier alpha value is -0.860. The Morgan fingerprint density at radius 3 is 2.37 bits per heavy atom. The van der Waals surface area contributed by atoms with E-state index in [-0.39, 0.29) is 5.54 Å². The van der Waals surface area contributed by atoms with Crippen molar-refractivity contribution in [3.63, 3.8) is 0 Å².